The molecule has 1 aromatic carbocycles. The highest BCUT2D eigenvalue weighted by molar-refractivity contribution is 7.80. The minimum atomic E-state index is 0.545. The Labute approximate surface area is 116 Å². The van der Waals surface area contributed by atoms with Crippen LogP contribution in [0.4, 0.5) is 5.82 Å². The molecule has 0 amide bonds. The van der Waals surface area contributed by atoms with Gasteiger partial charge in [-0.1, -0.05) is 23.7 Å². The molecular weight excluding hydrogens is 268 g/mol. The monoisotopic (exact) mass is 280 g/mol. The van der Waals surface area contributed by atoms with E-state index in [2.05, 4.69) is 15.7 Å². The van der Waals surface area contributed by atoms with Crippen molar-refractivity contribution in [1.29, 1.82) is 0 Å². The van der Waals surface area contributed by atoms with Gasteiger partial charge in [-0.05, 0) is 29.9 Å². The minimum absolute atomic E-state index is 0.545. The molecule has 0 fully saturated rings. The summed E-state index contributed by atoms with van der Waals surface area (Å²) in [5.41, 5.74) is 1.12. The molecule has 0 spiro atoms. The molecule has 2 N–H and O–H groups in total. The Balaban J connectivity index is 1.83. The van der Waals surface area contributed by atoms with Crippen LogP contribution in [-0.2, 0) is 13.6 Å². The number of hydrogen-bond donors (Lipinski definition) is 2. The van der Waals surface area contributed by atoms with Crippen molar-refractivity contribution in [3.63, 3.8) is 0 Å². The third-order valence-corrected chi connectivity index (χ3v) is 2.82. The second kappa shape index (κ2) is 5.84. The highest BCUT2D eigenvalue weighted by Gasteiger charge is 2.00. The lowest BCUT2D eigenvalue weighted by Crippen LogP contribution is -2.28. The summed E-state index contributed by atoms with van der Waals surface area (Å²) in [6, 6.07) is 9.48. The van der Waals surface area contributed by atoms with Crippen molar-refractivity contribution in [2.45, 2.75) is 6.54 Å². The molecule has 0 bridgehead atoms. The second-order valence-corrected chi connectivity index (χ2v) is 4.65. The van der Waals surface area contributed by atoms with Crippen molar-refractivity contribution >= 4 is 34.7 Å². The van der Waals surface area contributed by atoms with Gasteiger partial charge < -0.3 is 10.6 Å². The van der Waals surface area contributed by atoms with E-state index in [-0.39, 0.29) is 0 Å². The first-order valence-corrected chi connectivity index (χ1v) is 6.21. The molecular formula is C12H13ClN4S. The van der Waals surface area contributed by atoms with Crippen molar-refractivity contribution in [1.82, 2.24) is 15.1 Å². The third-order valence-electron chi connectivity index (χ3n) is 2.32. The van der Waals surface area contributed by atoms with E-state index in [1.165, 1.54) is 0 Å². The summed E-state index contributed by atoms with van der Waals surface area (Å²) >= 11 is 11.0. The first-order valence-electron chi connectivity index (χ1n) is 5.42. The summed E-state index contributed by atoms with van der Waals surface area (Å²) in [7, 11) is 1.86. The molecule has 0 atom stereocenters. The van der Waals surface area contributed by atoms with E-state index in [0.29, 0.717) is 11.7 Å². The van der Waals surface area contributed by atoms with E-state index in [1.54, 1.807) is 4.68 Å². The van der Waals surface area contributed by atoms with E-state index in [9.17, 15) is 0 Å². The van der Waals surface area contributed by atoms with Gasteiger partial charge in [0.1, 0.15) is 0 Å². The summed E-state index contributed by atoms with van der Waals surface area (Å²) in [6.07, 6.45) is 1.85. The number of aryl methyl sites for hydroxylation is 1. The van der Waals surface area contributed by atoms with Crippen molar-refractivity contribution in [2.24, 2.45) is 7.05 Å². The zero-order valence-electron chi connectivity index (χ0n) is 9.85. The van der Waals surface area contributed by atoms with E-state index < -0.39 is 0 Å². The van der Waals surface area contributed by atoms with Gasteiger partial charge in [-0.25, -0.2) is 0 Å². The zero-order valence-corrected chi connectivity index (χ0v) is 11.4. The lowest BCUT2D eigenvalue weighted by Gasteiger charge is -2.08. The SMILES string of the molecule is Cn1ccc(NC(=S)NCc2ccc(Cl)cc2)n1. The Hall–Kier alpha value is -1.59. The Kier molecular flexibility index (Phi) is 4.17. The lowest BCUT2D eigenvalue weighted by molar-refractivity contribution is 0.771. The highest BCUT2D eigenvalue weighted by atomic mass is 35.5. The van der Waals surface area contributed by atoms with Gasteiger partial charge in [-0.2, -0.15) is 5.10 Å². The van der Waals surface area contributed by atoms with Gasteiger partial charge in [-0.3, -0.25) is 4.68 Å². The van der Waals surface area contributed by atoms with Crippen LogP contribution in [0.1, 0.15) is 5.56 Å². The summed E-state index contributed by atoms with van der Waals surface area (Å²) in [5, 5.41) is 11.6. The average Bonchev–Trinajstić information content (AvgIpc) is 2.74. The lowest BCUT2D eigenvalue weighted by atomic mass is 10.2. The molecule has 4 nitrogen and oxygen atoms in total. The molecule has 0 saturated heterocycles. The Morgan fingerprint density at radius 2 is 2.06 bits per heavy atom. The number of nitrogens with zero attached hydrogens (tertiary/aromatic N) is 2. The number of aromatic nitrogens is 2. The molecule has 0 aliphatic heterocycles. The molecule has 18 heavy (non-hydrogen) atoms. The molecule has 94 valence electrons. The predicted octanol–water partition coefficient (Wildman–Crippen LogP) is 2.56. The van der Waals surface area contributed by atoms with Crippen LogP contribution < -0.4 is 10.6 Å². The van der Waals surface area contributed by atoms with Gasteiger partial charge in [0.15, 0.2) is 10.9 Å². The van der Waals surface area contributed by atoms with E-state index >= 15 is 0 Å². The maximum absolute atomic E-state index is 5.81. The minimum Gasteiger partial charge on any atom is -0.358 e. The molecule has 6 heteroatoms. The van der Waals surface area contributed by atoms with Crippen LogP contribution in [0.3, 0.4) is 0 Å². The summed E-state index contributed by atoms with van der Waals surface area (Å²) in [5.74, 6) is 0.728. The number of nitrogens with one attached hydrogen (secondary N) is 2. The number of anilines is 1. The van der Waals surface area contributed by atoms with Crippen LogP contribution in [0.15, 0.2) is 36.5 Å². The maximum Gasteiger partial charge on any atom is 0.172 e. The fourth-order valence-corrected chi connectivity index (χ4v) is 1.73. The number of hydrogen-bond acceptors (Lipinski definition) is 2. The number of benzene rings is 1. The zero-order chi connectivity index (χ0) is 13.0. The fourth-order valence-electron chi connectivity index (χ4n) is 1.43. The number of halogens is 1. The van der Waals surface area contributed by atoms with Crippen LogP contribution in [-0.4, -0.2) is 14.9 Å². The maximum atomic E-state index is 5.81. The van der Waals surface area contributed by atoms with Gasteiger partial charge in [0.05, 0.1) is 0 Å². The van der Waals surface area contributed by atoms with Crippen LogP contribution in [0.5, 0.6) is 0 Å². The molecule has 1 aromatic heterocycles. The first kappa shape index (κ1) is 12.9. The van der Waals surface area contributed by atoms with Crippen LogP contribution in [0.2, 0.25) is 5.02 Å². The van der Waals surface area contributed by atoms with Gasteiger partial charge in [0.2, 0.25) is 0 Å². The van der Waals surface area contributed by atoms with E-state index in [0.717, 1.165) is 16.4 Å². The predicted molar refractivity (Wildman–Crippen MR) is 77.7 cm³/mol. The van der Waals surface area contributed by atoms with Crippen LogP contribution in [0.25, 0.3) is 0 Å². The van der Waals surface area contributed by atoms with Crippen molar-refractivity contribution in [2.75, 3.05) is 5.32 Å². The van der Waals surface area contributed by atoms with Crippen LogP contribution >= 0.6 is 23.8 Å². The third kappa shape index (κ3) is 3.72. The number of thiocarbonyl (C=S) groups is 1. The smallest absolute Gasteiger partial charge is 0.172 e. The topological polar surface area (TPSA) is 41.9 Å². The van der Waals surface area contributed by atoms with Gasteiger partial charge in [0.25, 0.3) is 0 Å². The van der Waals surface area contributed by atoms with Crippen molar-refractivity contribution < 1.29 is 0 Å². The van der Waals surface area contributed by atoms with Gasteiger partial charge >= 0.3 is 0 Å². The first-order chi connectivity index (χ1) is 8.63. The standard InChI is InChI=1S/C12H13ClN4S/c1-17-7-6-11(16-17)15-12(18)14-8-9-2-4-10(13)5-3-9/h2-7H,8H2,1H3,(H2,14,15,16,18). The fraction of sp³-hybridized carbons (Fsp3) is 0.167. The summed E-state index contributed by atoms with van der Waals surface area (Å²) < 4.78 is 1.71. The normalized spacial score (nSPS) is 10.1. The molecule has 0 unspecified atom stereocenters. The Morgan fingerprint density at radius 1 is 1.33 bits per heavy atom. The van der Waals surface area contributed by atoms with E-state index in [1.807, 2.05) is 43.6 Å². The largest absolute Gasteiger partial charge is 0.358 e. The number of rotatable bonds is 3. The summed E-state index contributed by atoms with van der Waals surface area (Å²) in [6.45, 7) is 0.649. The molecule has 0 radical (unpaired) electrons. The van der Waals surface area contributed by atoms with Gasteiger partial charge in [0, 0.05) is 30.9 Å². The van der Waals surface area contributed by atoms with E-state index in [4.69, 9.17) is 23.8 Å². The van der Waals surface area contributed by atoms with Crippen LogP contribution in [0, 0.1) is 0 Å². The highest BCUT2D eigenvalue weighted by Crippen LogP contribution is 2.09. The van der Waals surface area contributed by atoms with Gasteiger partial charge in [-0.15, -0.1) is 0 Å². The summed E-state index contributed by atoms with van der Waals surface area (Å²) in [4.78, 5) is 0. The molecule has 1 heterocycles. The molecule has 0 aliphatic rings. The van der Waals surface area contributed by atoms with Crippen molar-refractivity contribution in [3.8, 4) is 0 Å². The molecule has 2 aromatic rings. The van der Waals surface area contributed by atoms with Crippen molar-refractivity contribution in [3.05, 3.63) is 47.1 Å². The molecule has 2 rings (SSSR count). The molecule has 0 aliphatic carbocycles. The molecule has 0 saturated carbocycles. The quantitative estimate of drug-likeness (QED) is 0.848. The second-order valence-electron chi connectivity index (χ2n) is 3.81. The Bertz CT molecular complexity index is 535. The average molecular weight is 281 g/mol. The Morgan fingerprint density at radius 3 is 2.67 bits per heavy atom.